The van der Waals surface area contributed by atoms with E-state index < -0.39 is 0 Å². The van der Waals surface area contributed by atoms with Gasteiger partial charge in [0.25, 0.3) is 0 Å². The number of rotatable bonds is 5. The largest absolute Gasteiger partial charge is 0.312 e. The summed E-state index contributed by atoms with van der Waals surface area (Å²) in [6, 6.07) is 1.47. The molecule has 3 atom stereocenters. The Hall–Kier alpha value is -0.120. The predicted molar refractivity (Wildman–Crippen MR) is 73.3 cm³/mol. The van der Waals surface area contributed by atoms with Crippen LogP contribution in [-0.4, -0.2) is 61.7 Å². The summed E-state index contributed by atoms with van der Waals surface area (Å²) in [5, 5.41) is 3.75. The minimum atomic E-state index is 0.719. The van der Waals surface area contributed by atoms with Crippen LogP contribution in [0.5, 0.6) is 0 Å². The van der Waals surface area contributed by atoms with E-state index in [4.69, 9.17) is 0 Å². The van der Waals surface area contributed by atoms with Gasteiger partial charge in [-0.05, 0) is 58.8 Å². The van der Waals surface area contributed by atoms with Crippen LogP contribution in [0.3, 0.4) is 0 Å². The van der Waals surface area contributed by atoms with Crippen molar-refractivity contribution in [2.45, 2.75) is 45.2 Å². The van der Waals surface area contributed by atoms with Crippen molar-refractivity contribution in [3.63, 3.8) is 0 Å². The molecule has 3 nitrogen and oxygen atoms in total. The average Bonchev–Trinajstić information content (AvgIpc) is 2.87. The van der Waals surface area contributed by atoms with Crippen LogP contribution in [0.1, 0.15) is 33.1 Å². The summed E-state index contributed by atoms with van der Waals surface area (Å²) < 4.78 is 0. The van der Waals surface area contributed by atoms with Crippen LogP contribution in [-0.2, 0) is 0 Å². The molecule has 100 valence electrons. The first-order valence-electron chi connectivity index (χ1n) is 7.31. The lowest BCUT2D eigenvalue weighted by molar-refractivity contribution is 0.276. The standard InChI is InChI=1S/C14H29N3/c1-12(10-17-6-4-5-7-17)9-15-14-8-13(2)16(3)11-14/h12-15H,4-11H2,1-3H3. The van der Waals surface area contributed by atoms with Gasteiger partial charge in [0.2, 0.25) is 0 Å². The normalized spacial score (nSPS) is 33.4. The monoisotopic (exact) mass is 239 g/mol. The van der Waals surface area contributed by atoms with Gasteiger partial charge in [0, 0.05) is 25.2 Å². The zero-order valence-electron chi connectivity index (χ0n) is 11.8. The van der Waals surface area contributed by atoms with Crippen molar-refractivity contribution in [2.75, 3.05) is 39.8 Å². The molecule has 2 saturated heterocycles. The highest BCUT2D eigenvalue weighted by molar-refractivity contribution is 4.85. The maximum Gasteiger partial charge on any atom is 0.0209 e. The van der Waals surface area contributed by atoms with Crippen LogP contribution < -0.4 is 5.32 Å². The summed E-state index contributed by atoms with van der Waals surface area (Å²) in [4.78, 5) is 5.08. The van der Waals surface area contributed by atoms with E-state index in [0.29, 0.717) is 0 Å². The Morgan fingerprint density at radius 1 is 1.29 bits per heavy atom. The van der Waals surface area contributed by atoms with Crippen molar-refractivity contribution in [3.8, 4) is 0 Å². The molecule has 2 heterocycles. The van der Waals surface area contributed by atoms with E-state index in [1.54, 1.807) is 0 Å². The third-order valence-electron chi connectivity index (χ3n) is 4.41. The first kappa shape index (κ1) is 13.3. The molecule has 17 heavy (non-hydrogen) atoms. The summed E-state index contributed by atoms with van der Waals surface area (Å²) in [5.74, 6) is 0.786. The van der Waals surface area contributed by atoms with Gasteiger partial charge < -0.3 is 15.1 Å². The lowest BCUT2D eigenvalue weighted by Gasteiger charge is -2.22. The van der Waals surface area contributed by atoms with Crippen LogP contribution >= 0.6 is 0 Å². The second-order valence-corrected chi connectivity index (χ2v) is 6.24. The minimum absolute atomic E-state index is 0.719. The lowest BCUT2D eigenvalue weighted by Crippen LogP contribution is -2.37. The Morgan fingerprint density at radius 2 is 2.00 bits per heavy atom. The second kappa shape index (κ2) is 6.17. The third kappa shape index (κ3) is 3.94. The molecule has 2 aliphatic rings. The molecule has 2 fully saturated rings. The van der Waals surface area contributed by atoms with E-state index in [1.165, 1.54) is 52.0 Å². The number of hydrogen-bond donors (Lipinski definition) is 1. The van der Waals surface area contributed by atoms with E-state index in [2.05, 4.69) is 36.0 Å². The quantitative estimate of drug-likeness (QED) is 0.782. The SMILES string of the molecule is CC(CNC1CC(C)N(C)C1)CN1CCCC1. The Kier molecular flexibility index (Phi) is 4.83. The van der Waals surface area contributed by atoms with Crippen LogP contribution in [0.25, 0.3) is 0 Å². The summed E-state index contributed by atoms with van der Waals surface area (Å²) in [6.45, 7) is 11.0. The molecule has 3 unspecified atom stereocenters. The third-order valence-corrected chi connectivity index (χ3v) is 4.41. The highest BCUT2D eigenvalue weighted by Crippen LogP contribution is 2.15. The molecule has 2 aliphatic heterocycles. The van der Waals surface area contributed by atoms with E-state index >= 15 is 0 Å². The van der Waals surface area contributed by atoms with Gasteiger partial charge in [-0.25, -0.2) is 0 Å². The highest BCUT2D eigenvalue weighted by Gasteiger charge is 2.26. The molecule has 3 heteroatoms. The first-order chi connectivity index (χ1) is 8.15. The van der Waals surface area contributed by atoms with Crippen molar-refractivity contribution in [3.05, 3.63) is 0 Å². The number of likely N-dealkylation sites (N-methyl/N-ethyl adjacent to an activating group) is 1. The fourth-order valence-corrected chi connectivity index (χ4v) is 3.18. The van der Waals surface area contributed by atoms with Crippen molar-refractivity contribution in [1.82, 2.24) is 15.1 Å². The van der Waals surface area contributed by atoms with E-state index in [-0.39, 0.29) is 0 Å². The summed E-state index contributed by atoms with van der Waals surface area (Å²) in [7, 11) is 2.24. The highest BCUT2D eigenvalue weighted by atomic mass is 15.2. The zero-order valence-corrected chi connectivity index (χ0v) is 11.8. The fourth-order valence-electron chi connectivity index (χ4n) is 3.18. The summed E-state index contributed by atoms with van der Waals surface area (Å²) in [5.41, 5.74) is 0. The smallest absolute Gasteiger partial charge is 0.0209 e. The predicted octanol–water partition coefficient (Wildman–Crippen LogP) is 1.40. The maximum absolute atomic E-state index is 3.75. The number of nitrogens with one attached hydrogen (secondary N) is 1. The molecule has 0 aromatic rings. The van der Waals surface area contributed by atoms with Gasteiger partial charge in [-0.15, -0.1) is 0 Å². The minimum Gasteiger partial charge on any atom is -0.312 e. The fraction of sp³-hybridized carbons (Fsp3) is 1.00. The molecular weight excluding hydrogens is 210 g/mol. The number of likely N-dealkylation sites (tertiary alicyclic amines) is 2. The molecule has 1 N–H and O–H groups in total. The molecule has 0 bridgehead atoms. The van der Waals surface area contributed by atoms with E-state index in [1.807, 2.05) is 0 Å². The van der Waals surface area contributed by atoms with Crippen molar-refractivity contribution >= 4 is 0 Å². The number of hydrogen-bond acceptors (Lipinski definition) is 3. The Bertz CT molecular complexity index is 216. The first-order valence-corrected chi connectivity index (χ1v) is 7.31. The number of nitrogens with zero attached hydrogens (tertiary/aromatic N) is 2. The van der Waals surface area contributed by atoms with Gasteiger partial charge in [-0.3, -0.25) is 0 Å². The Balaban J connectivity index is 1.61. The molecule has 2 rings (SSSR count). The molecule has 0 spiro atoms. The molecular formula is C14H29N3. The molecule has 0 aromatic carbocycles. The van der Waals surface area contributed by atoms with Crippen LogP contribution in [0.2, 0.25) is 0 Å². The van der Waals surface area contributed by atoms with E-state index in [0.717, 1.165) is 18.0 Å². The Morgan fingerprint density at radius 3 is 2.59 bits per heavy atom. The van der Waals surface area contributed by atoms with Crippen molar-refractivity contribution in [2.24, 2.45) is 5.92 Å². The topological polar surface area (TPSA) is 18.5 Å². The van der Waals surface area contributed by atoms with Crippen molar-refractivity contribution in [1.29, 1.82) is 0 Å². The molecule has 0 aliphatic carbocycles. The lowest BCUT2D eigenvalue weighted by atomic mass is 10.1. The zero-order chi connectivity index (χ0) is 12.3. The van der Waals surface area contributed by atoms with E-state index in [9.17, 15) is 0 Å². The van der Waals surface area contributed by atoms with Gasteiger partial charge in [0.15, 0.2) is 0 Å². The van der Waals surface area contributed by atoms with Crippen LogP contribution in [0, 0.1) is 5.92 Å². The molecule has 0 saturated carbocycles. The van der Waals surface area contributed by atoms with Gasteiger partial charge in [0.1, 0.15) is 0 Å². The maximum atomic E-state index is 3.75. The average molecular weight is 239 g/mol. The Labute approximate surface area is 107 Å². The van der Waals surface area contributed by atoms with Gasteiger partial charge in [-0.1, -0.05) is 6.92 Å². The summed E-state index contributed by atoms with van der Waals surface area (Å²) >= 11 is 0. The van der Waals surface area contributed by atoms with Gasteiger partial charge in [-0.2, -0.15) is 0 Å². The molecule has 0 aromatic heterocycles. The van der Waals surface area contributed by atoms with Crippen LogP contribution in [0.15, 0.2) is 0 Å². The second-order valence-electron chi connectivity index (χ2n) is 6.24. The van der Waals surface area contributed by atoms with Crippen LogP contribution in [0.4, 0.5) is 0 Å². The molecule has 0 radical (unpaired) electrons. The van der Waals surface area contributed by atoms with Gasteiger partial charge >= 0.3 is 0 Å². The summed E-state index contributed by atoms with van der Waals surface area (Å²) in [6.07, 6.45) is 4.13. The van der Waals surface area contributed by atoms with Crippen molar-refractivity contribution < 1.29 is 0 Å². The molecule has 0 amide bonds. The van der Waals surface area contributed by atoms with Gasteiger partial charge in [0.05, 0.1) is 0 Å².